The van der Waals surface area contributed by atoms with Crippen LogP contribution < -0.4 is 10.9 Å². The minimum Gasteiger partial charge on any atom is -0.353 e. The molecule has 2 heterocycles. The maximum atomic E-state index is 12.9. The van der Waals surface area contributed by atoms with Crippen LogP contribution in [0.15, 0.2) is 40.3 Å². The summed E-state index contributed by atoms with van der Waals surface area (Å²) in [6.07, 6.45) is 0.768. The molecule has 2 aromatic heterocycles. The van der Waals surface area contributed by atoms with Gasteiger partial charge in [0.15, 0.2) is 10.9 Å². The van der Waals surface area contributed by atoms with E-state index in [-0.39, 0.29) is 29.0 Å². The van der Waals surface area contributed by atoms with E-state index in [0.717, 1.165) is 12.1 Å². The van der Waals surface area contributed by atoms with Crippen LogP contribution in [0.3, 0.4) is 0 Å². The summed E-state index contributed by atoms with van der Waals surface area (Å²) >= 11 is 1.23. The molecule has 0 aliphatic carbocycles. The highest BCUT2D eigenvalue weighted by Gasteiger charge is 2.18. The largest absolute Gasteiger partial charge is 0.353 e. The van der Waals surface area contributed by atoms with Crippen LogP contribution >= 0.6 is 11.8 Å². The Kier molecular flexibility index (Phi) is 6.22. The number of hydrogen-bond donors (Lipinski definition) is 2. The summed E-state index contributed by atoms with van der Waals surface area (Å²) in [6, 6.07) is 8.60. The normalized spacial score (nSPS) is 12.1. The highest BCUT2D eigenvalue weighted by molar-refractivity contribution is 7.99. The number of Topliss-reactive ketones (excluding diaryl/α,β-unsaturated/α-hetero) is 1. The first-order valence-electron chi connectivity index (χ1n) is 9.45. The molecule has 7 nitrogen and oxygen atoms in total. The van der Waals surface area contributed by atoms with Gasteiger partial charge in [-0.1, -0.05) is 30.8 Å². The zero-order chi connectivity index (χ0) is 21.1. The van der Waals surface area contributed by atoms with Crippen LogP contribution in [0.4, 0.5) is 5.69 Å². The van der Waals surface area contributed by atoms with Crippen molar-refractivity contribution >= 4 is 40.2 Å². The molecule has 0 unspecified atom stereocenters. The Morgan fingerprint density at radius 1 is 1.31 bits per heavy atom. The first kappa shape index (κ1) is 20.9. The lowest BCUT2D eigenvalue weighted by Crippen LogP contribution is -2.26. The van der Waals surface area contributed by atoms with Gasteiger partial charge < -0.3 is 10.3 Å². The Balaban J connectivity index is 1.82. The number of aryl methyl sites for hydroxylation is 1. The van der Waals surface area contributed by atoms with E-state index in [2.05, 4.69) is 15.3 Å². The Labute approximate surface area is 172 Å². The van der Waals surface area contributed by atoms with E-state index in [1.807, 2.05) is 26.8 Å². The molecule has 2 N–H and O–H groups in total. The average molecular weight is 413 g/mol. The van der Waals surface area contributed by atoms with Gasteiger partial charge in [-0.3, -0.25) is 19.0 Å². The monoisotopic (exact) mass is 412 g/mol. The van der Waals surface area contributed by atoms with Crippen molar-refractivity contribution in [1.82, 2.24) is 14.5 Å². The molecule has 0 bridgehead atoms. The SMILES string of the molecule is CC[C@H](C)n1c(SCC(=O)Nc2cccc(C(C)=O)c2)nc2cc(C)[nH]c2c1=O. The molecule has 3 rings (SSSR count). The summed E-state index contributed by atoms with van der Waals surface area (Å²) in [6.45, 7) is 7.33. The Morgan fingerprint density at radius 3 is 2.76 bits per heavy atom. The maximum Gasteiger partial charge on any atom is 0.278 e. The number of aromatic nitrogens is 3. The highest BCUT2D eigenvalue weighted by Crippen LogP contribution is 2.23. The van der Waals surface area contributed by atoms with E-state index in [1.54, 1.807) is 28.8 Å². The highest BCUT2D eigenvalue weighted by atomic mass is 32.2. The molecule has 8 heteroatoms. The predicted octanol–water partition coefficient (Wildman–Crippen LogP) is 3.94. The number of benzene rings is 1. The Morgan fingerprint density at radius 2 is 2.07 bits per heavy atom. The molecule has 1 aromatic carbocycles. The third-order valence-electron chi connectivity index (χ3n) is 4.70. The quantitative estimate of drug-likeness (QED) is 0.348. The smallest absolute Gasteiger partial charge is 0.278 e. The van der Waals surface area contributed by atoms with Gasteiger partial charge in [-0.15, -0.1) is 0 Å². The summed E-state index contributed by atoms with van der Waals surface area (Å²) in [5, 5.41) is 3.31. The molecule has 0 spiro atoms. The van der Waals surface area contributed by atoms with E-state index < -0.39 is 0 Å². The molecule has 29 heavy (non-hydrogen) atoms. The number of H-pyrrole nitrogens is 1. The van der Waals surface area contributed by atoms with Gasteiger partial charge in [-0.05, 0) is 45.4 Å². The number of ketones is 1. The fourth-order valence-corrected chi connectivity index (χ4v) is 3.90. The molecular weight excluding hydrogens is 388 g/mol. The second-order valence-corrected chi connectivity index (χ2v) is 7.96. The van der Waals surface area contributed by atoms with Gasteiger partial charge in [0.1, 0.15) is 5.52 Å². The fraction of sp³-hybridized carbons (Fsp3) is 0.333. The average Bonchev–Trinajstić information content (AvgIpc) is 3.06. The second-order valence-electron chi connectivity index (χ2n) is 7.01. The van der Waals surface area contributed by atoms with Crippen LogP contribution in [0.25, 0.3) is 11.0 Å². The standard InChI is InChI=1S/C21H24N4O3S/c1-5-13(3)25-20(28)19-17(9-12(2)22-19)24-21(25)29-11-18(27)23-16-8-6-7-15(10-16)14(4)26/h6-10,13,22H,5,11H2,1-4H3,(H,23,27)/t13-/m0/s1. The number of fused-ring (bicyclic) bond motifs is 1. The van der Waals surface area contributed by atoms with Gasteiger partial charge in [0.05, 0.1) is 11.3 Å². The summed E-state index contributed by atoms with van der Waals surface area (Å²) in [7, 11) is 0. The number of nitrogens with zero attached hydrogens (tertiary/aromatic N) is 2. The van der Waals surface area contributed by atoms with E-state index >= 15 is 0 Å². The van der Waals surface area contributed by atoms with Crippen LogP contribution in [0, 0.1) is 6.92 Å². The van der Waals surface area contributed by atoms with Gasteiger partial charge in [-0.2, -0.15) is 0 Å². The molecule has 0 fully saturated rings. The lowest BCUT2D eigenvalue weighted by Gasteiger charge is -2.17. The summed E-state index contributed by atoms with van der Waals surface area (Å²) < 4.78 is 1.65. The first-order chi connectivity index (χ1) is 13.8. The topological polar surface area (TPSA) is 96.8 Å². The number of carbonyl (C=O) groups excluding carboxylic acids is 2. The van der Waals surface area contributed by atoms with Crippen molar-refractivity contribution in [1.29, 1.82) is 0 Å². The Hall–Kier alpha value is -2.87. The van der Waals surface area contributed by atoms with E-state index in [1.165, 1.54) is 18.7 Å². The number of thioether (sulfide) groups is 1. The van der Waals surface area contributed by atoms with Crippen LogP contribution in [-0.4, -0.2) is 32.0 Å². The number of aromatic amines is 1. The van der Waals surface area contributed by atoms with Gasteiger partial charge >= 0.3 is 0 Å². The third-order valence-corrected chi connectivity index (χ3v) is 5.66. The van der Waals surface area contributed by atoms with Crippen LogP contribution in [0.1, 0.15) is 49.3 Å². The zero-order valence-corrected chi connectivity index (χ0v) is 17.7. The lowest BCUT2D eigenvalue weighted by atomic mass is 10.1. The molecule has 0 aliphatic heterocycles. The van der Waals surface area contributed by atoms with Crippen LogP contribution in [0.2, 0.25) is 0 Å². The van der Waals surface area contributed by atoms with E-state index in [0.29, 0.717) is 27.4 Å². The Bertz CT molecular complexity index is 1130. The molecule has 1 atom stereocenters. The molecule has 0 saturated heterocycles. The van der Waals surface area contributed by atoms with E-state index in [4.69, 9.17) is 0 Å². The lowest BCUT2D eigenvalue weighted by molar-refractivity contribution is -0.113. The number of nitrogens with one attached hydrogen (secondary N) is 2. The van der Waals surface area contributed by atoms with Crippen molar-refractivity contribution in [2.45, 2.75) is 45.3 Å². The number of anilines is 1. The van der Waals surface area contributed by atoms with E-state index in [9.17, 15) is 14.4 Å². The molecule has 1 amide bonds. The molecule has 0 aliphatic rings. The van der Waals surface area contributed by atoms with Gasteiger partial charge in [0.25, 0.3) is 5.56 Å². The van der Waals surface area contributed by atoms with Crippen LogP contribution in [-0.2, 0) is 4.79 Å². The van der Waals surface area contributed by atoms with Crippen molar-refractivity contribution in [3.8, 4) is 0 Å². The number of rotatable bonds is 7. The van der Waals surface area contributed by atoms with Gasteiger partial charge in [0, 0.05) is 23.0 Å². The van der Waals surface area contributed by atoms with Crippen molar-refractivity contribution in [2.75, 3.05) is 11.1 Å². The molecule has 152 valence electrons. The number of amides is 1. The van der Waals surface area contributed by atoms with Crippen LogP contribution in [0.5, 0.6) is 0 Å². The summed E-state index contributed by atoms with van der Waals surface area (Å²) in [5.74, 6) is -0.194. The third kappa shape index (κ3) is 4.59. The number of carbonyl (C=O) groups is 2. The molecule has 0 radical (unpaired) electrons. The minimum atomic E-state index is -0.231. The molecular formula is C21H24N4O3S. The van der Waals surface area contributed by atoms with Crippen molar-refractivity contribution in [3.63, 3.8) is 0 Å². The molecule has 0 saturated carbocycles. The predicted molar refractivity (Wildman–Crippen MR) is 116 cm³/mol. The zero-order valence-electron chi connectivity index (χ0n) is 16.9. The van der Waals surface area contributed by atoms with Gasteiger partial charge in [-0.25, -0.2) is 4.98 Å². The molecule has 3 aromatic rings. The van der Waals surface area contributed by atoms with Crippen molar-refractivity contribution < 1.29 is 9.59 Å². The fourth-order valence-electron chi connectivity index (χ4n) is 3.01. The second kappa shape index (κ2) is 8.65. The van der Waals surface area contributed by atoms with Gasteiger partial charge in [0.2, 0.25) is 5.91 Å². The summed E-state index contributed by atoms with van der Waals surface area (Å²) in [5.41, 5.74) is 2.92. The summed E-state index contributed by atoms with van der Waals surface area (Å²) in [4.78, 5) is 44.6. The number of hydrogen-bond acceptors (Lipinski definition) is 5. The first-order valence-corrected chi connectivity index (χ1v) is 10.4. The van der Waals surface area contributed by atoms with Crippen molar-refractivity contribution in [3.05, 3.63) is 51.9 Å². The van der Waals surface area contributed by atoms with Crippen molar-refractivity contribution in [2.24, 2.45) is 0 Å². The maximum absolute atomic E-state index is 12.9. The minimum absolute atomic E-state index is 0.0409.